The summed E-state index contributed by atoms with van der Waals surface area (Å²) in [6.07, 6.45) is -0.347. The molecule has 2 aliphatic rings. The Bertz CT molecular complexity index is 735. The minimum absolute atomic E-state index is 0.0294. The van der Waals surface area contributed by atoms with Crippen LogP contribution in [0.25, 0.3) is 0 Å². The number of hydrogen-bond acceptors (Lipinski definition) is 6. The molecule has 2 aliphatic heterocycles. The number of thiocarbonyl (C=S) groups is 1. The van der Waals surface area contributed by atoms with Gasteiger partial charge in [0.15, 0.2) is 11.6 Å². The van der Waals surface area contributed by atoms with Gasteiger partial charge in [-0.15, -0.1) is 0 Å². The lowest BCUT2D eigenvalue weighted by atomic mass is 10.2. The summed E-state index contributed by atoms with van der Waals surface area (Å²) in [7, 11) is 0. The van der Waals surface area contributed by atoms with Crippen LogP contribution >= 0.6 is 24.0 Å². The van der Waals surface area contributed by atoms with E-state index in [4.69, 9.17) is 21.7 Å². The van der Waals surface area contributed by atoms with Crippen molar-refractivity contribution >= 4 is 46.6 Å². The van der Waals surface area contributed by atoms with Gasteiger partial charge in [0.25, 0.3) is 5.17 Å². The fourth-order valence-electron chi connectivity index (χ4n) is 3.27. The number of ether oxygens (including phenoxy) is 2. The summed E-state index contributed by atoms with van der Waals surface area (Å²) < 4.78 is 40.1. The van der Waals surface area contributed by atoms with Crippen molar-refractivity contribution < 1.29 is 23.0 Å². The zero-order chi connectivity index (χ0) is 21.0. The molecule has 1 amide bonds. The first-order valence-electron chi connectivity index (χ1n) is 9.59. The normalized spacial score (nSPS) is 19.9. The Morgan fingerprint density at radius 2 is 2.07 bits per heavy atom. The third kappa shape index (κ3) is 5.63. The van der Waals surface area contributed by atoms with Crippen molar-refractivity contribution in [2.75, 3.05) is 47.5 Å². The highest BCUT2D eigenvalue weighted by Crippen LogP contribution is 2.32. The van der Waals surface area contributed by atoms with Crippen LogP contribution in [0.1, 0.15) is 20.3 Å². The number of carbonyl (C=O) groups excluding carboxylic acids is 1. The number of nitrogens with one attached hydrogen (secondary N) is 1. The molecule has 1 N–H and O–H groups in total. The summed E-state index contributed by atoms with van der Waals surface area (Å²) in [5, 5.41) is 3.09. The summed E-state index contributed by atoms with van der Waals surface area (Å²) in [5.41, 5.74) is 0.111. The molecule has 1 atom stereocenters. The number of nitrogens with zero attached hydrogens (tertiary/aromatic N) is 2. The minimum Gasteiger partial charge on any atom is -0.468 e. The molecular formula is C19H25F2N3O3S2. The quantitative estimate of drug-likeness (QED) is 0.696. The van der Waals surface area contributed by atoms with E-state index in [2.05, 4.69) is 5.32 Å². The Morgan fingerprint density at radius 1 is 1.34 bits per heavy atom. The third-order valence-electron chi connectivity index (χ3n) is 4.54. The number of hydrogen-bond donors (Lipinski definition) is 1. The average Bonchev–Trinajstić information content (AvgIpc) is 2.83. The SMILES string of the molecule is CC(C)OC(=S)NCC1CN(c2cc(F)c(N3CCCSCC3)c(F)c2)C(=O)O1. The molecule has 2 saturated heterocycles. The fourth-order valence-corrected chi connectivity index (χ4v) is 4.43. The van der Waals surface area contributed by atoms with Gasteiger partial charge in [0, 0.05) is 31.0 Å². The van der Waals surface area contributed by atoms with Gasteiger partial charge in [0.1, 0.15) is 11.8 Å². The number of thioether (sulfide) groups is 1. The molecule has 1 aromatic carbocycles. The van der Waals surface area contributed by atoms with E-state index in [9.17, 15) is 13.6 Å². The van der Waals surface area contributed by atoms with Crippen LogP contribution in [0.5, 0.6) is 0 Å². The van der Waals surface area contributed by atoms with Gasteiger partial charge in [-0.3, -0.25) is 4.90 Å². The molecule has 0 radical (unpaired) electrons. The highest BCUT2D eigenvalue weighted by Gasteiger charge is 2.34. The number of halogens is 2. The largest absolute Gasteiger partial charge is 0.468 e. The summed E-state index contributed by atoms with van der Waals surface area (Å²) in [6.45, 7) is 5.32. The first kappa shape index (κ1) is 21.9. The molecule has 3 rings (SSSR count). The predicted octanol–water partition coefficient (Wildman–Crippen LogP) is 3.53. The van der Waals surface area contributed by atoms with Gasteiger partial charge in [-0.25, -0.2) is 13.6 Å². The second-order valence-electron chi connectivity index (χ2n) is 7.16. The number of anilines is 2. The molecule has 0 saturated carbocycles. The van der Waals surface area contributed by atoms with E-state index < -0.39 is 23.8 Å². The zero-order valence-electron chi connectivity index (χ0n) is 16.5. The monoisotopic (exact) mass is 445 g/mol. The Balaban J connectivity index is 1.67. The van der Waals surface area contributed by atoms with Crippen LogP contribution in [0, 0.1) is 11.6 Å². The molecule has 0 bridgehead atoms. The van der Waals surface area contributed by atoms with Crippen LogP contribution in [0.4, 0.5) is 25.0 Å². The third-order valence-corrected chi connectivity index (χ3v) is 5.83. The lowest BCUT2D eigenvalue weighted by molar-refractivity contribution is 0.140. The molecule has 160 valence electrons. The molecule has 29 heavy (non-hydrogen) atoms. The van der Waals surface area contributed by atoms with Crippen molar-refractivity contribution in [3.63, 3.8) is 0 Å². The Labute approximate surface area is 178 Å². The zero-order valence-corrected chi connectivity index (χ0v) is 18.1. The molecule has 0 spiro atoms. The molecule has 10 heteroatoms. The second kappa shape index (κ2) is 9.80. The lowest BCUT2D eigenvalue weighted by Crippen LogP contribution is -2.35. The average molecular weight is 446 g/mol. The first-order valence-corrected chi connectivity index (χ1v) is 11.2. The summed E-state index contributed by atoms with van der Waals surface area (Å²) in [6, 6.07) is 2.39. The van der Waals surface area contributed by atoms with Gasteiger partial charge in [-0.05, 0) is 38.2 Å². The Hall–Kier alpha value is -1.81. The topological polar surface area (TPSA) is 54.0 Å². The fraction of sp³-hybridized carbons (Fsp3) is 0.579. The summed E-state index contributed by atoms with van der Waals surface area (Å²) in [5.74, 6) is 0.467. The smallest absolute Gasteiger partial charge is 0.414 e. The van der Waals surface area contributed by atoms with Crippen molar-refractivity contribution in [2.45, 2.75) is 32.5 Å². The van der Waals surface area contributed by atoms with E-state index in [1.54, 1.807) is 16.7 Å². The lowest BCUT2D eigenvalue weighted by Gasteiger charge is -2.24. The predicted molar refractivity (Wildman–Crippen MR) is 115 cm³/mol. The molecular weight excluding hydrogens is 420 g/mol. The molecule has 2 fully saturated rings. The van der Waals surface area contributed by atoms with Gasteiger partial charge in [0.2, 0.25) is 0 Å². The molecule has 2 heterocycles. The Morgan fingerprint density at radius 3 is 2.76 bits per heavy atom. The van der Waals surface area contributed by atoms with E-state index >= 15 is 0 Å². The van der Waals surface area contributed by atoms with Gasteiger partial charge in [-0.1, -0.05) is 0 Å². The molecule has 6 nitrogen and oxygen atoms in total. The van der Waals surface area contributed by atoms with Crippen LogP contribution in [0.15, 0.2) is 12.1 Å². The maximum absolute atomic E-state index is 14.8. The van der Waals surface area contributed by atoms with Crippen molar-refractivity contribution in [1.29, 1.82) is 0 Å². The van der Waals surface area contributed by atoms with Crippen LogP contribution in [-0.4, -0.2) is 61.2 Å². The maximum atomic E-state index is 14.8. The first-order chi connectivity index (χ1) is 13.8. The van der Waals surface area contributed by atoms with Gasteiger partial charge >= 0.3 is 6.09 Å². The molecule has 1 aromatic rings. The van der Waals surface area contributed by atoms with Crippen molar-refractivity contribution in [3.8, 4) is 0 Å². The van der Waals surface area contributed by atoms with Crippen LogP contribution < -0.4 is 15.1 Å². The number of carbonyl (C=O) groups is 1. The number of rotatable bonds is 5. The van der Waals surface area contributed by atoms with Crippen LogP contribution in [0.3, 0.4) is 0 Å². The minimum atomic E-state index is -0.673. The standard InChI is InChI=1S/C19H25F2N3O3S2/c1-12(2)26-18(28)22-10-14-11-24(19(25)27-14)13-8-15(20)17(16(21)9-13)23-4-3-6-29-7-5-23/h8-9,12,14H,3-7,10-11H2,1-2H3,(H,22,28). The van der Waals surface area contributed by atoms with E-state index in [0.29, 0.717) is 13.1 Å². The highest BCUT2D eigenvalue weighted by atomic mass is 32.2. The second-order valence-corrected chi connectivity index (χ2v) is 8.76. The summed E-state index contributed by atoms with van der Waals surface area (Å²) in [4.78, 5) is 15.2. The van der Waals surface area contributed by atoms with Gasteiger partial charge in [-0.2, -0.15) is 11.8 Å². The van der Waals surface area contributed by atoms with E-state index in [1.807, 2.05) is 13.8 Å². The van der Waals surface area contributed by atoms with Crippen molar-refractivity contribution in [3.05, 3.63) is 23.8 Å². The highest BCUT2D eigenvalue weighted by molar-refractivity contribution is 7.99. The van der Waals surface area contributed by atoms with E-state index in [-0.39, 0.29) is 35.7 Å². The number of benzene rings is 1. The number of cyclic esters (lactones) is 1. The molecule has 1 unspecified atom stereocenters. The van der Waals surface area contributed by atoms with Gasteiger partial charge in [0.05, 0.1) is 24.9 Å². The Kier molecular flexibility index (Phi) is 7.39. The summed E-state index contributed by atoms with van der Waals surface area (Å²) >= 11 is 6.82. The van der Waals surface area contributed by atoms with E-state index in [0.717, 1.165) is 17.9 Å². The van der Waals surface area contributed by atoms with Crippen molar-refractivity contribution in [1.82, 2.24) is 5.32 Å². The van der Waals surface area contributed by atoms with Crippen LogP contribution in [0.2, 0.25) is 0 Å². The maximum Gasteiger partial charge on any atom is 0.414 e. The number of amides is 1. The van der Waals surface area contributed by atoms with Gasteiger partial charge < -0.3 is 19.7 Å². The van der Waals surface area contributed by atoms with E-state index in [1.165, 1.54) is 17.0 Å². The molecule has 0 aromatic heterocycles. The van der Waals surface area contributed by atoms with Crippen LogP contribution in [-0.2, 0) is 9.47 Å². The molecule has 0 aliphatic carbocycles. The van der Waals surface area contributed by atoms with Crippen molar-refractivity contribution in [2.24, 2.45) is 0 Å².